The molecule has 1 heterocycles. The van der Waals surface area contributed by atoms with E-state index in [0.29, 0.717) is 12.5 Å². The van der Waals surface area contributed by atoms with E-state index in [1.807, 2.05) is 38.1 Å². The maximum atomic E-state index is 12.5. The normalized spacial score (nSPS) is 14.0. The number of benzene rings is 2. The first kappa shape index (κ1) is 20.8. The van der Waals surface area contributed by atoms with E-state index in [0.717, 1.165) is 53.1 Å². The van der Waals surface area contributed by atoms with Gasteiger partial charge in [-0.1, -0.05) is 24.2 Å². The Bertz CT molecular complexity index is 1170. The molecule has 0 atom stereocenters. The quantitative estimate of drug-likeness (QED) is 0.411. The highest BCUT2D eigenvalue weighted by Gasteiger charge is 2.28. The fourth-order valence-corrected chi connectivity index (χ4v) is 3.76. The fraction of sp³-hybridized carbons (Fsp3) is 0.391. The van der Waals surface area contributed by atoms with E-state index >= 15 is 0 Å². The Kier molecular flexibility index (Phi) is 5.88. The summed E-state index contributed by atoms with van der Waals surface area (Å²) >= 11 is 0. The van der Waals surface area contributed by atoms with E-state index in [9.17, 15) is 4.79 Å². The monoisotopic (exact) mass is 421 g/mol. The second-order valence-electron chi connectivity index (χ2n) is 7.76. The highest BCUT2D eigenvalue weighted by atomic mass is 16.6. The zero-order valence-corrected chi connectivity index (χ0v) is 18.3. The summed E-state index contributed by atoms with van der Waals surface area (Å²) in [6.45, 7) is 4.40. The largest absolute Gasteiger partial charge is 0.489 e. The highest BCUT2D eigenvalue weighted by Crippen LogP contribution is 2.43. The molecular formula is C23H27N5O3. The van der Waals surface area contributed by atoms with Gasteiger partial charge in [-0.15, -0.1) is 0 Å². The predicted molar refractivity (Wildman–Crippen MR) is 118 cm³/mol. The second-order valence-corrected chi connectivity index (χ2v) is 7.76. The number of tetrazole rings is 1. The molecule has 1 fully saturated rings. The van der Waals surface area contributed by atoms with Crippen LogP contribution in [-0.2, 0) is 18.5 Å². The van der Waals surface area contributed by atoms with Crippen molar-refractivity contribution in [1.82, 2.24) is 19.8 Å². The van der Waals surface area contributed by atoms with Crippen molar-refractivity contribution in [2.45, 2.75) is 45.6 Å². The average molecular weight is 422 g/mol. The van der Waals surface area contributed by atoms with E-state index in [4.69, 9.17) is 9.57 Å². The number of rotatable bonds is 8. The molecule has 8 heteroatoms. The Hall–Kier alpha value is -3.42. The molecule has 0 aliphatic heterocycles. The van der Waals surface area contributed by atoms with Crippen LogP contribution in [-0.4, -0.2) is 32.6 Å². The van der Waals surface area contributed by atoms with Crippen molar-refractivity contribution in [2.75, 3.05) is 7.11 Å². The summed E-state index contributed by atoms with van der Waals surface area (Å²) in [5.41, 5.74) is 5.55. The molecule has 4 rings (SSSR count). The molecule has 0 spiro atoms. The number of nitrogens with zero attached hydrogens (tertiary/aromatic N) is 5. The van der Waals surface area contributed by atoms with Crippen molar-refractivity contribution in [3.63, 3.8) is 0 Å². The van der Waals surface area contributed by atoms with Gasteiger partial charge in [0.25, 0.3) is 0 Å². The van der Waals surface area contributed by atoms with Crippen LogP contribution >= 0.6 is 0 Å². The lowest BCUT2D eigenvalue weighted by Gasteiger charge is -2.16. The van der Waals surface area contributed by atoms with Crippen molar-refractivity contribution in [1.29, 1.82) is 0 Å². The van der Waals surface area contributed by atoms with Crippen LogP contribution in [0.15, 0.2) is 46.3 Å². The topological polar surface area (TPSA) is 83.5 Å². The predicted octanol–water partition coefficient (Wildman–Crippen LogP) is 3.49. The van der Waals surface area contributed by atoms with Gasteiger partial charge in [0.1, 0.15) is 19.5 Å². The average Bonchev–Trinajstić information content (AvgIpc) is 3.57. The Morgan fingerprint density at radius 1 is 1.23 bits per heavy atom. The van der Waals surface area contributed by atoms with Crippen molar-refractivity contribution >= 4 is 5.71 Å². The summed E-state index contributed by atoms with van der Waals surface area (Å²) in [5.74, 6) is 1.30. The molecule has 162 valence electrons. The maximum Gasteiger partial charge on any atom is 0.368 e. The first-order valence-electron chi connectivity index (χ1n) is 10.5. The van der Waals surface area contributed by atoms with Gasteiger partial charge in [-0.2, -0.15) is 9.36 Å². The minimum atomic E-state index is -0.278. The number of aryl methyl sites for hydroxylation is 2. The molecule has 0 bridgehead atoms. The van der Waals surface area contributed by atoms with Crippen molar-refractivity contribution < 1.29 is 9.57 Å². The molecule has 0 N–H and O–H groups in total. The van der Waals surface area contributed by atoms with Crippen molar-refractivity contribution in [2.24, 2.45) is 12.2 Å². The molecule has 31 heavy (non-hydrogen) atoms. The molecule has 1 aliphatic carbocycles. The zero-order chi connectivity index (χ0) is 22.0. The SMILES string of the molecule is CC/C(=N\OC)c1ccc(OCc2c(C3CC3)cccc2-n2nnn(C)c2=O)c(C)c1. The molecular weight excluding hydrogens is 394 g/mol. The minimum absolute atomic E-state index is 0.278. The molecule has 2 aromatic carbocycles. The van der Waals surface area contributed by atoms with E-state index < -0.39 is 0 Å². The molecule has 8 nitrogen and oxygen atoms in total. The van der Waals surface area contributed by atoms with Gasteiger partial charge >= 0.3 is 5.69 Å². The van der Waals surface area contributed by atoms with Gasteiger partial charge in [0, 0.05) is 12.6 Å². The van der Waals surface area contributed by atoms with Crippen LogP contribution < -0.4 is 10.4 Å². The standard InChI is InChI=1S/C23H27N5O3/c1-5-20(24-30-4)17-11-12-22(15(2)13-17)31-14-19-18(16-9-10-16)7-6-8-21(19)28-23(29)27(3)25-26-28/h6-8,11-13,16H,5,9-10,14H2,1-4H3/b24-20+. The lowest BCUT2D eigenvalue weighted by molar-refractivity contribution is 0.213. The Labute approximate surface area is 181 Å². The third kappa shape index (κ3) is 4.23. The van der Waals surface area contributed by atoms with Gasteiger partial charge in [-0.25, -0.2) is 4.79 Å². The summed E-state index contributed by atoms with van der Waals surface area (Å²) in [7, 11) is 3.15. The third-order valence-electron chi connectivity index (χ3n) is 5.57. The van der Waals surface area contributed by atoms with Crippen LogP contribution in [0.2, 0.25) is 0 Å². The lowest BCUT2D eigenvalue weighted by Crippen LogP contribution is -2.23. The Balaban J connectivity index is 1.65. The van der Waals surface area contributed by atoms with E-state index in [1.165, 1.54) is 14.9 Å². The van der Waals surface area contributed by atoms with Crippen LogP contribution in [0.25, 0.3) is 5.69 Å². The Morgan fingerprint density at radius 2 is 2.03 bits per heavy atom. The first-order valence-corrected chi connectivity index (χ1v) is 10.5. The molecule has 1 aromatic heterocycles. The Morgan fingerprint density at radius 3 is 2.65 bits per heavy atom. The smallest absolute Gasteiger partial charge is 0.368 e. The summed E-state index contributed by atoms with van der Waals surface area (Å²) < 4.78 is 8.81. The van der Waals surface area contributed by atoms with Crippen LogP contribution in [0.1, 0.15) is 54.4 Å². The van der Waals surface area contributed by atoms with Crippen molar-refractivity contribution in [3.8, 4) is 11.4 Å². The van der Waals surface area contributed by atoms with Crippen molar-refractivity contribution in [3.05, 3.63) is 69.1 Å². The van der Waals surface area contributed by atoms with Gasteiger partial charge in [0.05, 0.1) is 11.4 Å². The van der Waals surface area contributed by atoms with Gasteiger partial charge < -0.3 is 9.57 Å². The number of ether oxygens (including phenoxy) is 1. The molecule has 3 aromatic rings. The molecule has 0 radical (unpaired) electrons. The first-order chi connectivity index (χ1) is 15.0. The number of hydrogen-bond donors (Lipinski definition) is 0. The molecule has 1 aliphatic rings. The number of hydrogen-bond acceptors (Lipinski definition) is 6. The summed E-state index contributed by atoms with van der Waals surface area (Å²) in [4.78, 5) is 17.4. The van der Waals surface area contributed by atoms with Crippen LogP contribution in [0, 0.1) is 6.92 Å². The van der Waals surface area contributed by atoms with Crippen LogP contribution in [0.3, 0.4) is 0 Å². The molecule has 1 saturated carbocycles. The maximum absolute atomic E-state index is 12.5. The summed E-state index contributed by atoms with van der Waals surface area (Å²) in [5, 5.41) is 12.0. The fourth-order valence-electron chi connectivity index (χ4n) is 3.76. The highest BCUT2D eigenvalue weighted by molar-refractivity contribution is 6.00. The van der Waals surface area contributed by atoms with E-state index in [1.54, 1.807) is 14.2 Å². The van der Waals surface area contributed by atoms with Gasteiger partial charge in [-0.05, 0) is 83.5 Å². The second kappa shape index (κ2) is 8.75. The van der Waals surface area contributed by atoms with Crippen LogP contribution in [0.5, 0.6) is 5.75 Å². The van der Waals surface area contributed by atoms with E-state index in [-0.39, 0.29) is 5.69 Å². The lowest BCUT2D eigenvalue weighted by atomic mass is 10.0. The molecule has 0 saturated heterocycles. The summed E-state index contributed by atoms with van der Waals surface area (Å²) in [6.07, 6.45) is 3.08. The van der Waals surface area contributed by atoms with Gasteiger partial charge in [0.2, 0.25) is 0 Å². The molecule has 0 amide bonds. The number of aromatic nitrogens is 4. The van der Waals surface area contributed by atoms with Gasteiger partial charge in [-0.3, -0.25) is 0 Å². The number of oxime groups is 1. The van der Waals surface area contributed by atoms with Crippen LogP contribution in [0.4, 0.5) is 0 Å². The third-order valence-corrected chi connectivity index (χ3v) is 5.57. The van der Waals surface area contributed by atoms with E-state index in [2.05, 4.69) is 27.7 Å². The molecule has 0 unspecified atom stereocenters. The minimum Gasteiger partial charge on any atom is -0.489 e. The van der Waals surface area contributed by atoms with Gasteiger partial charge in [0.15, 0.2) is 0 Å². The summed E-state index contributed by atoms with van der Waals surface area (Å²) in [6, 6.07) is 12.0. The zero-order valence-electron chi connectivity index (χ0n) is 18.3.